The van der Waals surface area contributed by atoms with Crippen LogP contribution in [-0.2, 0) is 4.79 Å². The van der Waals surface area contributed by atoms with Crippen molar-refractivity contribution < 1.29 is 14.3 Å². The number of unbranched alkanes of at least 4 members (excludes halogenated alkanes) is 1. The summed E-state index contributed by atoms with van der Waals surface area (Å²) in [5, 5.41) is 15.9. The van der Waals surface area contributed by atoms with Crippen LogP contribution in [0.4, 0.5) is 10.2 Å². The molecular formula is C18H22FN3O2. The Balaban J connectivity index is 1.58. The van der Waals surface area contributed by atoms with Crippen LogP contribution in [0.2, 0.25) is 0 Å². The molecule has 5 nitrogen and oxygen atoms in total. The second-order valence-corrected chi connectivity index (χ2v) is 5.47. The predicted molar refractivity (Wildman–Crippen MR) is 90.9 cm³/mol. The van der Waals surface area contributed by atoms with Gasteiger partial charge in [0.25, 0.3) is 0 Å². The molecule has 0 spiro atoms. The molecular weight excluding hydrogens is 309 g/mol. The maximum atomic E-state index is 13.1. The highest BCUT2D eigenvalue weighted by atomic mass is 19.1. The summed E-state index contributed by atoms with van der Waals surface area (Å²) < 4.78 is 13.1. The van der Waals surface area contributed by atoms with Gasteiger partial charge in [-0.2, -0.15) is 0 Å². The number of anilines is 1. The SMILES string of the molecule is O=C(CC(O)c1cccc(F)c1)NCCCCNc1ccccn1. The summed E-state index contributed by atoms with van der Waals surface area (Å²) in [4.78, 5) is 15.9. The predicted octanol–water partition coefficient (Wildman–Crippen LogP) is 2.65. The number of hydrogen-bond acceptors (Lipinski definition) is 4. The number of aliphatic hydroxyl groups is 1. The average Bonchev–Trinajstić information content (AvgIpc) is 2.59. The molecule has 24 heavy (non-hydrogen) atoms. The lowest BCUT2D eigenvalue weighted by Gasteiger charge is -2.11. The van der Waals surface area contributed by atoms with Gasteiger partial charge in [-0.3, -0.25) is 4.79 Å². The van der Waals surface area contributed by atoms with Crippen LogP contribution in [0.25, 0.3) is 0 Å². The minimum absolute atomic E-state index is 0.0738. The molecule has 1 unspecified atom stereocenters. The Bertz CT molecular complexity index is 637. The van der Waals surface area contributed by atoms with E-state index in [1.165, 1.54) is 18.2 Å². The summed E-state index contributed by atoms with van der Waals surface area (Å²) in [6.07, 6.45) is 2.37. The van der Waals surface area contributed by atoms with Crippen molar-refractivity contribution in [3.63, 3.8) is 0 Å². The Morgan fingerprint density at radius 1 is 1.17 bits per heavy atom. The largest absolute Gasteiger partial charge is 0.388 e. The quantitative estimate of drug-likeness (QED) is 0.618. The standard InChI is InChI=1S/C18H22FN3O2/c19-15-7-5-6-14(12-15)16(23)13-18(24)22-11-4-3-10-21-17-8-1-2-9-20-17/h1-2,5-9,12,16,23H,3-4,10-11,13H2,(H,20,21)(H,22,24). The molecule has 0 aliphatic carbocycles. The first-order valence-electron chi connectivity index (χ1n) is 8.00. The summed E-state index contributed by atoms with van der Waals surface area (Å²) in [6.45, 7) is 1.32. The van der Waals surface area contributed by atoms with E-state index in [1.807, 2.05) is 18.2 Å². The fourth-order valence-electron chi connectivity index (χ4n) is 2.24. The highest BCUT2D eigenvalue weighted by molar-refractivity contribution is 5.76. The zero-order valence-corrected chi connectivity index (χ0v) is 13.4. The molecule has 0 saturated carbocycles. The van der Waals surface area contributed by atoms with E-state index in [9.17, 15) is 14.3 Å². The lowest BCUT2D eigenvalue weighted by molar-refractivity contribution is -0.123. The van der Waals surface area contributed by atoms with Crippen LogP contribution in [0.5, 0.6) is 0 Å². The minimum Gasteiger partial charge on any atom is -0.388 e. The summed E-state index contributed by atoms with van der Waals surface area (Å²) in [7, 11) is 0. The molecule has 0 aliphatic rings. The van der Waals surface area contributed by atoms with Gasteiger partial charge in [0.1, 0.15) is 11.6 Å². The molecule has 1 amide bonds. The molecule has 3 N–H and O–H groups in total. The zero-order chi connectivity index (χ0) is 17.2. The Labute approximate surface area is 140 Å². The molecule has 0 radical (unpaired) electrons. The third-order valence-electron chi connectivity index (χ3n) is 3.51. The van der Waals surface area contributed by atoms with Gasteiger partial charge in [0, 0.05) is 19.3 Å². The molecule has 2 aromatic rings. The second-order valence-electron chi connectivity index (χ2n) is 5.47. The van der Waals surface area contributed by atoms with Crippen LogP contribution >= 0.6 is 0 Å². The highest BCUT2D eigenvalue weighted by Gasteiger charge is 2.13. The number of benzene rings is 1. The second kappa shape index (κ2) is 9.62. The van der Waals surface area contributed by atoms with Crippen LogP contribution in [0.3, 0.4) is 0 Å². The number of carbonyl (C=O) groups excluding carboxylic acids is 1. The molecule has 1 atom stereocenters. The number of halogens is 1. The summed E-state index contributed by atoms with van der Waals surface area (Å²) >= 11 is 0. The first-order chi connectivity index (χ1) is 11.6. The monoisotopic (exact) mass is 331 g/mol. The fourth-order valence-corrected chi connectivity index (χ4v) is 2.24. The van der Waals surface area contributed by atoms with Crippen LogP contribution in [0.1, 0.15) is 30.9 Å². The third kappa shape index (κ3) is 6.34. The maximum Gasteiger partial charge on any atom is 0.222 e. The number of rotatable bonds is 9. The molecule has 6 heteroatoms. The number of aromatic nitrogens is 1. The Kier molecular flexibility index (Phi) is 7.17. The Morgan fingerprint density at radius 3 is 2.75 bits per heavy atom. The smallest absolute Gasteiger partial charge is 0.222 e. The maximum absolute atomic E-state index is 13.1. The van der Waals surface area contributed by atoms with Crippen molar-refractivity contribution in [1.29, 1.82) is 0 Å². The minimum atomic E-state index is -0.994. The van der Waals surface area contributed by atoms with Crippen LogP contribution in [0.15, 0.2) is 48.7 Å². The molecule has 0 bridgehead atoms. The molecule has 1 heterocycles. The molecule has 1 aromatic heterocycles. The molecule has 0 saturated heterocycles. The number of nitrogens with one attached hydrogen (secondary N) is 2. The van der Waals surface area contributed by atoms with Gasteiger partial charge < -0.3 is 15.7 Å². The molecule has 128 valence electrons. The van der Waals surface area contributed by atoms with E-state index in [4.69, 9.17) is 0 Å². The van der Waals surface area contributed by atoms with Crippen molar-refractivity contribution in [2.45, 2.75) is 25.4 Å². The first kappa shape index (κ1) is 17.9. The van der Waals surface area contributed by atoms with Crippen LogP contribution in [-0.4, -0.2) is 29.1 Å². The van der Waals surface area contributed by atoms with Gasteiger partial charge >= 0.3 is 0 Å². The first-order valence-corrected chi connectivity index (χ1v) is 8.00. The molecule has 0 aliphatic heterocycles. The van der Waals surface area contributed by atoms with Crippen LogP contribution in [0, 0.1) is 5.82 Å². The van der Waals surface area contributed by atoms with E-state index in [1.54, 1.807) is 12.3 Å². The lowest BCUT2D eigenvalue weighted by Crippen LogP contribution is -2.26. The third-order valence-corrected chi connectivity index (χ3v) is 3.51. The van der Waals surface area contributed by atoms with Crippen molar-refractivity contribution in [2.24, 2.45) is 0 Å². The van der Waals surface area contributed by atoms with Crippen molar-refractivity contribution in [1.82, 2.24) is 10.3 Å². The van der Waals surface area contributed by atoms with Gasteiger partial charge in [0.05, 0.1) is 12.5 Å². The highest BCUT2D eigenvalue weighted by Crippen LogP contribution is 2.17. The summed E-state index contributed by atoms with van der Waals surface area (Å²) in [6, 6.07) is 11.3. The van der Waals surface area contributed by atoms with Gasteiger partial charge in [0.15, 0.2) is 0 Å². The van der Waals surface area contributed by atoms with E-state index in [0.717, 1.165) is 25.2 Å². The number of aliphatic hydroxyl groups excluding tert-OH is 1. The fraction of sp³-hybridized carbons (Fsp3) is 0.333. The van der Waals surface area contributed by atoms with E-state index in [-0.39, 0.29) is 12.3 Å². The van der Waals surface area contributed by atoms with Crippen molar-refractivity contribution >= 4 is 11.7 Å². The number of carbonyl (C=O) groups is 1. The van der Waals surface area contributed by atoms with Crippen molar-refractivity contribution in [2.75, 3.05) is 18.4 Å². The van der Waals surface area contributed by atoms with Crippen LogP contribution < -0.4 is 10.6 Å². The van der Waals surface area contributed by atoms with Gasteiger partial charge in [-0.1, -0.05) is 18.2 Å². The van der Waals surface area contributed by atoms with Crippen molar-refractivity contribution in [3.05, 3.63) is 60.0 Å². The summed E-state index contributed by atoms with van der Waals surface area (Å²) in [5.41, 5.74) is 0.407. The Hall–Kier alpha value is -2.47. The molecule has 0 fully saturated rings. The lowest BCUT2D eigenvalue weighted by atomic mass is 10.1. The molecule has 2 rings (SSSR count). The van der Waals surface area contributed by atoms with Gasteiger partial charge in [-0.05, 0) is 42.7 Å². The number of hydrogen-bond donors (Lipinski definition) is 3. The molecule has 1 aromatic carbocycles. The number of nitrogens with zero attached hydrogens (tertiary/aromatic N) is 1. The van der Waals surface area contributed by atoms with Gasteiger partial charge in [0.2, 0.25) is 5.91 Å². The van der Waals surface area contributed by atoms with E-state index >= 15 is 0 Å². The van der Waals surface area contributed by atoms with E-state index in [0.29, 0.717) is 12.1 Å². The van der Waals surface area contributed by atoms with Gasteiger partial charge in [-0.15, -0.1) is 0 Å². The Morgan fingerprint density at radius 2 is 2.00 bits per heavy atom. The topological polar surface area (TPSA) is 74.2 Å². The van der Waals surface area contributed by atoms with E-state index in [2.05, 4.69) is 15.6 Å². The number of amides is 1. The normalized spacial score (nSPS) is 11.8. The van der Waals surface area contributed by atoms with Crippen molar-refractivity contribution in [3.8, 4) is 0 Å². The number of pyridine rings is 1. The van der Waals surface area contributed by atoms with E-state index < -0.39 is 11.9 Å². The summed E-state index contributed by atoms with van der Waals surface area (Å²) in [5.74, 6) is 0.163. The average molecular weight is 331 g/mol. The van der Waals surface area contributed by atoms with Gasteiger partial charge in [-0.25, -0.2) is 9.37 Å². The zero-order valence-electron chi connectivity index (χ0n) is 13.4.